The summed E-state index contributed by atoms with van der Waals surface area (Å²) in [5.41, 5.74) is 2.37. The van der Waals surface area contributed by atoms with Crippen LogP contribution in [0.1, 0.15) is 9.67 Å². The molecule has 0 fully saturated rings. The van der Waals surface area contributed by atoms with Gasteiger partial charge in [-0.05, 0) is 23.6 Å². The van der Waals surface area contributed by atoms with E-state index in [4.69, 9.17) is 0 Å². The Balaban J connectivity index is 2.03. The van der Waals surface area contributed by atoms with E-state index in [0.717, 1.165) is 11.3 Å². The van der Waals surface area contributed by atoms with Gasteiger partial charge in [0.2, 0.25) is 0 Å². The van der Waals surface area contributed by atoms with Crippen molar-refractivity contribution in [2.45, 2.75) is 6.18 Å². The van der Waals surface area contributed by atoms with Crippen LogP contribution in [0.4, 0.5) is 13.2 Å². The SMILES string of the molecule is O=C(NOCC(F)(F)F)c1sccc1-n1cccc1. The number of nitrogens with one attached hydrogen (secondary N) is 1. The number of rotatable bonds is 4. The van der Waals surface area contributed by atoms with Crippen molar-refractivity contribution in [1.82, 2.24) is 10.0 Å². The second kappa shape index (κ2) is 5.45. The van der Waals surface area contributed by atoms with Crippen molar-refractivity contribution in [3.05, 3.63) is 40.8 Å². The van der Waals surface area contributed by atoms with Crippen molar-refractivity contribution in [3.63, 3.8) is 0 Å². The van der Waals surface area contributed by atoms with Crippen LogP contribution in [-0.2, 0) is 4.84 Å². The zero-order chi connectivity index (χ0) is 13.9. The minimum Gasteiger partial charge on any atom is -0.322 e. The van der Waals surface area contributed by atoms with Gasteiger partial charge in [-0.3, -0.25) is 9.63 Å². The van der Waals surface area contributed by atoms with Gasteiger partial charge in [0.15, 0.2) is 6.61 Å². The molecule has 8 heteroatoms. The van der Waals surface area contributed by atoms with Crippen molar-refractivity contribution < 1.29 is 22.8 Å². The van der Waals surface area contributed by atoms with Crippen LogP contribution in [0.5, 0.6) is 0 Å². The third-order valence-electron chi connectivity index (χ3n) is 2.13. The van der Waals surface area contributed by atoms with E-state index in [2.05, 4.69) is 4.84 Å². The first-order valence-corrected chi connectivity index (χ1v) is 6.05. The molecule has 102 valence electrons. The minimum atomic E-state index is -4.48. The number of amides is 1. The largest absolute Gasteiger partial charge is 0.414 e. The molecule has 0 aliphatic heterocycles. The standard InChI is InChI=1S/C11H9F3N2O2S/c12-11(13,14)7-18-15-10(17)9-8(3-6-19-9)16-4-1-2-5-16/h1-6H,7H2,(H,15,17). The highest BCUT2D eigenvalue weighted by atomic mass is 32.1. The summed E-state index contributed by atoms with van der Waals surface area (Å²) in [5, 5.41) is 1.67. The zero-order valence-electron chi connectivity index (χ0n) is 9.48. The Kier molecular flexibility index (Phi) is 3.91. The van der Waals surface area contributed by atoms with Crippen molar-refractivity contribution in [3.8, 4) is 5.69 Å². The third kappa shape index (κ3) is 3.58. The van der Waals surface area contributed by atoms with Gasteiger partial charge in [0.1, 0.15) is 4.88 Å². The molecule has 0 aliphatic rings. The summed E-state index contributed by atoms with van der Waals surface area (Å²) in [6.45, 7) is -1.52. The molecule has 0 saturated heterocycles. The highest BCUT2D eigenvalue weighted by Gasteiger charge is 2.28. The number of carbonyl (C=O) groups excluding carboxylic acids is 1. The molecule has 0 radical (unpaired) electrons. The molecule has 2 aromatic heterocycles. The van der Waals surface area contributed by atoms with E-state index in [9.17, 15) is 18.0 Å². The predicted molar refractivity (Wildman–Crippen MR) is 63.1 cm³/mol. The van der Waals surface area contributed by atoms with Crippen LogP contribution in [0.25, 0.3) is 5.69 Å². The van der Waals surface area contributed by atoms with Gasteiger partial charge in [0.25, 0.3) is 5.91 Å². The molecule has 2 heterocycles. The minimum absolute atomic E-state index is 0.276. The number of halogens is 3. The predicted octanol–water partition coefficient (Wildman–Crippen LogP) is 2.76. The lowest BCUT2D eigenvalue weighted by atomic mass is 10.3. The molecule has 0 bridgehead atoms. The first-order valence-electron chi connectivity index (χ1n) is 5.17. The molecule has 0 atom stereocenters. The Hall–Kier alpha value is -1.80. The fraction of sp³-hybridized carbons (Fsp3) is 0.182. The molecular weight excluding hydrogens is 281 g/mol. The van der Waals surface area contributed by atoms with Crippen LogP contribution in [0.3, 0.4) is 0 Å². The van der Waals surface area contributed by atoms with Crippen LogP contribution >= 0.6 is 11.3 Å². The molecular formula is C11H9F3N2O2S. The Labute approximate surface area is 110 Å². The van der Waals surface area contributed by atoms with Gasteiger partial charge in [-0.2, -0.15) is 13.2 Å². The molecule has 0 aromatic carbocycles. The van der Waals surface area contributed by atoms with Crippen molar-refractivity contribution in [1.29, 1.82) is 0 Å². The van der Waals surface area contributed by atoms with E-state index < -0.39 is 18.7 Å². The third-order valence-corrected chi connectivity index (χ3v) is 3.04. The number of carbonyl (C=O) groups is 1. The lowest BCUT2D eigenvalue weighted by molar-refractivity contribution is -0.184. The quantitative estimate of drug-likeness (QED) is 0.880. The first kappa shape index (κ1) is 13.6. The summed E-state index contributed by atoms with van der Waals surface area (Å²) >= 11 is 1.12. The van der Waals surface area contributed by atoms with E-state index in [-0.39, 0.29) is 4.88 Å². The number of alkyl halides is 3. The number of nitrogens with zero attached hydrogens (tertiary/aromatic N) is 1. The van der Waals surface area contributed by atoms with Gasteiger partial charge in [-0.15, -0.1) is 11.3 Å². The lowest BCUT2D eigenvalue weighted by Gasteiger charge is -2.09. The fourth-order valence-corrected chi connectivity index (χ4v) is 2.18. The second-order valence-corrected chi connectivity index (χ2v) is 4.48. The molecule has 0 saturated carbocycles. The van der Waals surface area contributed by atoms with Crippen molar-refractivity contribution in [2.75, 3.05) is 6.61 Å². The van der Waals surface area contributed by atoms with Gasteiger partial charge in [0, 0.05) is 12.4 Å². The maximum absolute atomic E-state index is 11.9. The summed E-state index contributed by atoms with van der Waals surface area (Å²) in [7, 11) is 0. The molecule has 0 unspecified atom stereocenters. The van der Waals surface area contributed by atoms with Crippen LogP contribution in [0.2, 0.25) is 0 Å². The smallest absolute Gasteiger partial charge is 0.322 e. The van der Waals surface area contributed by atoms with Crippen molar-refractivity contribution >= 4 is 17.2 Å². The summed E-state index contributed by atoms with van der Waals surface area (Å²) in [5.74, 6) is -0.706. The highest BCUT2D eigenvalue weighted by molar-refractivity contribution is 7.12. The highest BCUT2D eigenvalue weighted by Crippen LogP contribution is 2.21. The van der Waals surface area contributed by atoms with Gasteiger partial charge < -0.3 is 4.57 Å². The Morgan fingerprint density at radius 3 is 2.68 bits per heavy atom. The molecule has 1 N–H and O–H groups in total. The Morgan fingerprint density at radius 2 is 2.05 bits per heavy atom. The van der Waals surface area contributed by atoms with Crippen LogP contribution in [-0.4, -0.2) is 23.3 Å². The Morgan fingerprint density at radius 1 is 1.37 bits per heavy atom. The average Bonchev–Trinajstić information content (AvgIpc) is 2.97. The maximum atomic E-state index is 11.9. The molecule has 0 spiro atoms. The molecule has 1 amide bonds. The van der Waals surface area contributed by atoms with Gasteiger partial charge >= 0.3 is 6.18 Å². The first-order chi connectivity index (χ1) is 8.97. The number of hydrogen-bond donors (Lipinski definition) is 1. The summed E-state index contributed by atoms with van der Waals surface area (Å²) in [6, 6.07) is 5.25. The molecule has 2 rings (SSSR count). The molecule has 19 heavy (non-hydrogen) atoms. The molecule has 2 aromatic rings. The van der Waals surface area contributed by atoms with E-state index in [0.29, 0.717) is 5.69 Å². The van der Waals surface area contributed by atoms with E-state index in [1.165, 1.54) is 0 Å². The van der Waals surface area contributed by atoms with Crippen LogP contribution < -0.4 is 5.48 Å². The summed E-state index contributed by atoms with van der Waals surface area (Å²) in [6.07, 6.45) is -1.02. The average molecular weight is 290 g/mol. The number of hydroxylamine groups is 1. The van der Waals surface area contributed by atoms with Gasteiger partial charge in [-0.1, -0.05) is 0 Å². The van der Waals surface area contributed by atoms with Crippen LogP contribution in [0, 0.1) is 0 Å². The molecule has 0 aliphatic carbocycles. The lowest BCUT2D eigenvalue weighted by Crippen LogP contribution is -2.29. The number of hydrogen-bond acceptors (Lipinski definition) is 3. The normalized spacial score (nSPS) is 11.5. The van der Waals surface area contributed by atoms with Gasteiger partial charge in [-0.25, -0.2) is 5.48 Å². The van der Waals surface area contributed by atoms with E-state index >= 15 is 0 Å². The second-order valence-electron chi connectivity index (χ2n) is 3.56. The van der Waals surface area contributed by atoms with E-state index in [1.54, 1.807) is 46.0 Å². The van der Waals surface area contributed by atoms with E-state index in [1.807, 2.05) is 0 Å². The maximum Gasteiger partial charge on any atom is 0.414 e. The molecule has 4 nitrogen and oxygen atoms in total. The summed E-state index contributed by atoms with van der Waals surface area (Å²) in [4.78, 5) is 16.1. The van der Waals surface area contributed by atoms with Crippen LogP contribution in [0.15, 0.2) is 36.0 Å². The zero-order valence-corrected chi connectivity index (χ0v) is 10.3. The summed E-state index contributed by atoms with van der Waals surface area (Å²) < 4.78 is 37.3. The monoisotopic (exact) mass is 290 g/mol. The topological polar surface area (TPSA) is 43.3 Å². The Bertz CT molecular complexity index is 549. The fourth-order valence-electron chi connectivity index (χ4n) is 1.40. The van der Waals surface area contributed by atoms with Crippen molar-refractivity contribution in [2.24, 2.45) is 0 Å². The number of aromatic nitrogens is 1. The number of thiophene rings is 1. The van der Waals surface area contributed by atoms with Gasteiger partial charge in [0.05, 0.1) is 5.69 Å².